The molecular weight excluding hydrogens is 212 g/mol. The summed E-state index contributed by atoms with van der Waals surface area (Å²) in [4.78, 5) is 0. The van der Waals surface area contributed by atoms with Crippen LogP contribution in [0.25, 0.3) is 0 Å². The van der Waals surface area contributed by atoms with Gasteiger partial charge in [0.25, 0.3) is 0 Å². The molecule has 3 heteroatoms. The lowest BCUT2D eigenvalue weighted by Gasteiger charge is -2.39. The van der Waals surface area contributed by atoms with Crippen molar-refractivity contribution in [2.75, 3.05) is 14.1 Å². The van der Waals surface area contributed by atoms with Gasteiger partial charge < -0.3 is 9.85 Å². The van der Waals surface area contributed by atoms with Crippen LogP contribution in [0.15, 0.2) is 0 Å². The molecule has 0 saturated heterocycles. The highest BCUT2D eigenvalue weighted by Gasteiger charge is 2.13. The number of nitrogens with two attached hydrogens (primary N) is 1. The molecule has 0 radical (unpaired) electrons. The fraction of sp³-hybridized carbons (Fsp3) is 1.00. The lowest BCUT2D eigenvalue weighted by molar-refractivity contribution is -0.866. The van der Waals surface area contributed by atoms with E-state index >= 15 is 0 Å². The van der Waals surface area contributed by atoms with E-state index in [1.165, 1.54) is 51.4 Å². The fourth-order valence-electron chi connectivity index (χ4n) is 1.98. The zero-order valence-electron chi connectivity index (χ0n) is 12.1. The van der Waals surface area contributed by atoms with Crippen LogP contribution in [0.3, 0.4) is 0 Å². The molecule has 0 aliphatic rings. The van der Waals surface area contributed by atoms with Crippen LogP contribution in [0, 0.1) is 5.21 Å². The third-order valence-electron chi connectivity index (χ3n) is 3.40. The second-order valence-electron chi connectivity index (χ2n) is 5.62. The summed E-state index contributed by atoms with van der Waals surface area (Å²) in [7, 11) is 3.25. The maximum atomic E-state index is 11.5. The summed E-state index contributed by atoms with van der Waals surface area (Å²) in [5.41, 5.74) is 5.81. The van der Waals surface area contributed by atoms with Crippen molar-refractivity contribution < 1.29 is 4.65 Å². The zero-order chi connectivity index (χ0) is 13.1. The van der Waals surface area contributed by atoms with E-state index in [2.05, 4.69) is 6.92 Å². The largest absolute Gasteiger partial charge is 0.632 e. The number of hydrogen-bond donors (Lipinski definition) is 1. The number of rotatable bonds is 11. The van der Waals surface area contributed by atoms with Gasteiger partial charge in [-0.1, -0.05) is 58.3 Å². The van der Waals surface area contributed by atoms with E-state index in [1.807, 2.05) is 0 Å². The van der Waals surface area contributed by atoms with Crippen LogP contribution in [0.5, 0.6) is 0 Å². The van der Waals surface area contributed by atoms with Gasteiger partial charge in [0, 0.05) is 6.42 Å². The van der Waals surface area contributed by atoms with Crippen LogP contribution < -0.4 is 5.73 Å². The summed E-state index contributed by atoms with van der Waals surface area (Å²) in [6.45, 7) is 2.25. The second kappa shape index (κ2) is 9.86. The molecule has 0 amide bonds. The van der Waals surface area contributed by atoms with E-state index in [4.69, 9.17) is 5.73 Å². The summed E-state index contributed by atoms with van der Waals surface area (Å²) in [5, 5.41) is 11.5. The van der Waals surface area contributed by atoms with E-state index in [-0.39, 0.29) is 10.8 Å². The van der Waals surface area contributed by atoms with Crippen molar-refractivity contribution in [3.63, 3.8) is 0 Å². The number of hydroxylamine groups is 3. The summed E-state index contributed by atoms with van der Waals surface area (Å²) in [6, 6.07) is 0. The summed E-state index contributed by atoms with van der Waals surface area (Å²) in [6.07, 6.45) is 12.4. The van der Waals surface area contributed by atoms with Crippen molar-refractivity contribution >= 4 is 0 Å². The molecule has 0 aromatic rings. The van der Waals surface area contributed by atoms with E-state index in [1.54, 1.807) is 14.1 Å². The van der Waals surface area contributed by atoms with Gasteiger partial charge in [-0.05, 0) is 6.42 Å². The molecule has 0 aliphatic heterocycles. The van der Waals surface area contributed by atoms with Gasteiger partial charge in [-0.15, -0.1) is 0 Å². The van der Waals surface area contributed by atoms with Gasteiger partial charge in [-0.2, -0.15) is 0 Å². The Bertz CT molecular complexity index is 166. The third kappa shape index (κ3) is 10.7. The normalized spacial score (nSPS) is 13.9. The molecular formula is C14H32N2O. The molecule has 0 spiro atoms. The first-order valence-corrected chi connectivity index (χ1v) is 7.28. The van der Waals surface area contributed by atoms with Gasteiger partial charge in [0.2, 0.25) is 0 Å². The van der Waals surface area contributed by atoms with Crippen LogP contribution in [0.2, 0.25) is 0 Å². The van der Waals surface area contributed by atoms with Crippen molar-refractivity contribution in [3.05, 3.63) is 5.21 Å². The fourth-order valence-corrected chi connectivity index (χ4v) is 1.98. The number of nitrogens with zero attached hydrogens (tertiary/aromatic N) is 1. The minimum Gasteiger partial charge on any atom is -0.632 e. The van der Waals surface area contributed by atoms with Crippen molar-refractivity contribution in [2.45, 2.75) is 77.3 Å². The van der Waals surface area contributed by atoms with Crippen LogP contribution in [-0.4, -0.2) is 24.9 Å². The standard InChI is InChI=1S/C14H32N2O/c1-4-5-6-7-8-9-10-11-12-13-14(15)16(2,3)17/h14H,4-13,15H2,1-3H3. The van der Waals surface area contributed by atoms with Gasteiger partial charge in [-0.25, -0.2) is 0 Å². The molecule has 0 aromatic carbocycles. The predicted molar refractivity (Wildman–Crippen MR) is 75.3 cm³/mol. The minimum absolute atomic E-state index is 0.250. The first-order valence-electron chi connectivity index (χ1n) is 7.28. The van der Waals surface area contributed by atoms with Crippen LogP contribution in [0.4, 0.5) is 0 Å². The minimum atomic E-state index is -0.364. The number of hydrogen-bond acceptors (Lipinski definition) is 2. The van der Waals surface area contributed by atoms with Crippen LogP contribution in [0.1, 0.15) is 71.1 Å². The smallest absolute Gasteiger partial charge is 0.139 e. The maximum Gasteiger partial charge on any atom is 0.139 e. The van der Waals surface area contributed by atoms with Gasteiger partial charge in [-0.3, -0.25) is 5.73 Å². The molecule has 0 heterocycles. The summed E-state index contributed by atoms with van der Waals surface area (Å²) < 4.78 is -0.364. The lowest BCUT2D eigenvalue weighted by Crippen LogP contribution is -2.49. The lowest BCUT2D eigenvalue weighted by atomic mass is 10.1. The molecule has 2 N–H and O–H groups in total. The molecule has 0 aromatic heterocycles. The molecule has 0 aliphatic carbocycles. The van der Waals surface area contributed by atoms with E-state index < -0.39 is 0 Å². The van der Waals surface area contributed by atoms with Gasteiger partial charge in [0.1, 0.15) is 6.17 Å². The Morgan fingerprint density at radius 2 is 1.29 bits per heavy atom. The van der Waals surface area contributed by atoms with Crippen molar-refractivity contribution in [1.29, 1.82) is 0 Å². The van der Waals surface area contributed by atoms with Crippen LogP contribution in [-0.2, 0) is 0 Å². The number of quaternary nitrogens is 1. The molecule has 3 nitrogen and oxygen atoms in total. The SMILES string of the molecule is CCCCCCCCCCCC(N)[N+](C)(C)[O-]. The molecule has 1 unspecified atom stereocenters. The van der Waals surface area contributed by atoms with Crippen molar-refractivity contribution in [1.82, 2.24) is 0 Å². The summed E-state index contributed by atoms with van der Waals surface area (Å²) >= 11 is 0. The highest BCUT2D eigenvalue weighted by atomic mass is 16.5. The molecule has 17 heavy (non-hydrogen) atoms. The second-order valence-corrected chi connectivity index (χ2v) is 5.62. The third-order valence-corrected chi connectivity index (χ3v) is 3.40. The molecule has 1 atom stereocenters. The first-order chi connectivity index (χ1) is 7.98. The topological polar surface area (TPSA) is 49.1 Å². The maximum absolute atomic E-state index is 11.5. The Labute approximate surface area is 108 Å². The average molecular weight is 244 g/mol. The van der Waals surface area contributed by atoms with Gasteiger partial charge >= 0.3 is 0 Å². The molecule has 0 fully saturated rings. The molecule has 0 bridgehead atoms. The van der Waals surface area contributed by atoms with Crippen molar-refractivity contribution in [2.24, 2.45) is 5.73 Å². The summed E-state index contributed by atoms with van der Waals surface area (Å²) in [5.74, 6) is 0. The Morgan fingerprint density at radius 1 is 0.882 bits per heavy atom. The highest BCUT2D eigenvalue weighted by molar-refractivity contribution is 4.52. The number of unbranched alkanes of at least 4 members (excludes halogenated alkanes) is 8. The Balaban J connectivity index is 3.19. The zero-order valence-corrected chi connectivity index (χ0v) is 12.1. The average Bonchev–Trinajstić information content (AvgIpc) is 2.25. The van der Waals surface area contributed by atoms with E-state index in [0.29, 0.717) is 0 Å². The highest BCUT2D eigenvalue weighted by Crippen LogP contribution is 2.12. The van der Waals surface area contributed by atoms with Crippen molar-refractivity contribution in [3.8, 4) is 0 Å². The van der Waals surface area contributed by atoms with E-state index in [9.17, 15) is 5.21 Å². The molecule has 0 rings (SSSR count). The van der Waals surface area contributed by atoms with Gasteiger partial charge in [0.05, 0.1) is 14.1 Å². The Kier molecular flexibility index (Phi) is 9.79. The van der Waals surface area contributed by atoms with Gasteiger partial charge in [0.15, 0.2) is 0 Å². The Hall–Kier alpha value is -0.120. The monoisotopic (exact) mass is 244 g/mol. The molecule has 104 valence electrons. The van der Waals surface area contributed by atoms with Crippen LogP contribution >= 0.6 is 0 Å². The quantitative estimate of drug-likeness (QED) is 0.260. The molecule has 0 saturated carbocycles. The Morgan fingerprint density at radius 3 is 1.71 bits per heavy atom. The predicted octanol–water partition coefficient (Wildman–Crippen LogP) is 3.77. The van der Waals surface area contributed by atoms with E-state index in [0.717, 1.165) is 12.8 Å². The first kappa shape index (κ1) is 16.9.